The molecule has 1 N–H and O–H groups in total. The number of likely N-dealkylation sites (N-methyl/N-ethyl adjacent to an activating group) is 1. The molecule has 0 radical (unpaired) electrons. The van der Waals surface area contributed by atoms with Gasteiger partial charge in [0.05, 0.1) is 27.7 Å². The summed E-state index contributed by atoms with van der Waals surface area (Å²) in [5.41, 5.74) is 0. The normalized spacial score (nSPS) is 14.2. The second kappa shape index (κ2) is 50.6. The van der Waals surface area contributed by atoms with Gasteiger partial charge in [-0.2, -0.15) is 0 Å². The number of hydrogen-bond acceptors (Lipinski definition) is 7. The minimum Gasteiger partial charge on any atom is -0.462 e. The third-order valence-electron chi connectivity index (χ3n) is 11.3. The first-order valence-electron chi connectivity index (χ1n) is 27.6. The lowest BCUT2D eigenvalue weighted by atomic mass is 10.1. The van der Waals surface area contributed by atoms with Crippen LogP contribution < -0.4 is 0 Å². The summed E-state index contributed by atoms with van der Waals surface area (Å²) in [6.07, 6.45) is 70.0. The molecule has 0 aromatic carbocycles. The van der Waals surface area contributed by atoms with E-state index in [0.717, 1.165) is 116 Å². The Bertz CT molecular complexity index is 1550. The minimum atomic E-state index is -4.40. The van der Waals surface area contributed by atoms with Gasteiger partial charge in [-0.3, -0.25) is 18.6 Å². The predicted molar refractivity (Wildman–Crippen MR) is 298 cm³/mol. The standard InChI is InChI=1S/C60H102NO8P/c1-6-8-10-12-14-16-18-20-22-24-26-28-29-30-31-33-35-37-39-41-43-45-47-49-51-53-60(63)69-58(57-68-70(64,65)67-55-54-61(3,4)5)56-66-59(62)52-50-48-46-44-42-40-38-36-34-32-27-25-23-21-19-17-15-13-11-9-7-2/h8-11,14-17,20-23,26-28,30-32,58H,6-7,12-13,18-19,24-25,29,33-57H2,1-5H3/p+1/b10-8-,11-9-,16-14-,17-15-,22-20-,23-21-,28-26-,31-30-,32-27-. The molecule has 0 amide bonds. The first kappa shape index (κ1) is 66.7. The molecule has 0 heterocycles. The monoisotopic (exact) mass is 997 g/mol. The van der Waals surface area contributed by atoms with Crippen LogP contribution in [0, 0.1) is 0 Å². The van der Waals surface area contributed by atoms with Gasteiger partial charge in [0.1, 0.15) is 19.8 Å². The maximum atomic E-state index is 12.8. The predicted octanol–water partition coefficient (Wildman–Crippen LogP) is 17.0. The Hall–Kier alpha value is -3.33. The van der Waals surface area contributed by atoms with Crippen LogP contribution in [0.1, 0.15) is 206 Å². The van der Waals surface area contributed by atoms with Crippen LogP contribution in [0.3, 0.4) is 0 Å². The summed E-state index contributed by atoms with van der Waals surface area (Å²) in [7, 11) is 1.45. The van der Waals surface area contributed by atoms with Crippen molar-refractivity contribution in [3.05, 3.63) is 109 Å². The highest BCUT2D eigenvalue weighted by Crippen LogP contribution is 2.43. The fourth-order valence-corrected chi connectivity index (χ4v) is 7.83. The lowest BCUT2D eigenvalue weighted by molar-refractivity contribution is -0.870. The van der Waals surface area contributed by atoms with Crippen molar-refractivity contribution >= 4 is 19.8 Å². The largest absolute Gasteiger partial charge is 0.472 e. The van der Waals surface area contributed by atoms with Gasteiger partial charge >= 0.3 is 19.8 Å². The van der Waals surface area contributed by atoms with Crippen molar-refractivity contribution in [3.8, 4) is 0 Å². The molecule has 10 heteroatoms. The molecule has 0 aromatic heterocycles. The Kier molecular flexibility index (Phi) is 48.2. The van der Waals surface area contributed by atoms with Gasteiger partial charge in [0.25, 0.3) is 0 Å². The third kappa shape index (κ3) is 54.0. The molecule has 0 rings (SSSR count). The molecule has 70 heavy (non-hydrogen) atoms. The zero-order valence-electron chi connectivity index (χ0n) is 45.2. The van der Waals surface area contributed by atoms with Crippen LogP contribution in [0.25, 0.3) is 0 Å². The number of esters is 2. The van der Waals surface area contributed by atoms with E-state index in [1.54, 1.807) is 0 Å². The Morgan fingerprint density at radius 1 is 0.443 bits per heavy atom. The van der Waals surface area contributed by atoms with E-state index in [1.165, 1.54) is 57.8 Å². The summed E-state index contributed by atoms with van der Waals surface area (Å²) in [4.78, 5) is 35.7. The number of phosphoric acid groups is 1. The Balaban J connectivity index is 4.25. The van der Waals surface area contributed by atoms with E-state index < -0.39 is 26.5 Å². The van der Waals surface area contributed by atoms with Crippen LogP contribution in [0.15, 0.2) is 109 Å². The van der Waals surface area contributed by atoms with Gasteiger partial charge in [0.2, 0.25) is 0 Å². The molecule has 0 saturated carbocycles. The molecule has 0 aliphatic carbocycles. The van der Waals surface area contributed by atoms with E-state index in [4.69, 9.17) is 18.5 Å². The van der Waals surface area contributed by atoms with Crippen molar-refractivity contribution in [2.45, 2.75) is 213 Å². The molecule has 9 nitrogen and oxygen atoms in total. The van der Waals surface area contributed by atoms with Gasteiger partial charge in [0.15, 0.2) is 6.10 Å². The van der Waals surface area contributed by atoms with Crippen LogP contribution >= 0.6 is 7.82 Å². The van der Waals surface area contributed by atoms with E-state index in [0.29, 0.717) is 17.4 Å². The van der Waals surface area contributed by atoms with Crippen LogP contribution in [0.2, 0.25) is 0 Å². The number of nitrogens with zero attached hydrogens (tertiary/aromatic N) is 1. The lowest BCUT2D eigenvalue weighted by Crippen LogP contribution is -2.37. The zero-order chi connectivity index (χ0) is 51.3. The first-order valence-corrected chi connectivity index (χ1v) is 29.1. The topological polar surface area (TPSA) is 108 Å². The highest BCUT2D eigenvalue weighted by Gasteiger charge is 2.27. The molecular weight excluding hydrogens is 894 g/mol. The number of phosphoric ester groups is 1. The van der Waals surface area contributed by atoms with Crippen molar-refractivity contribution < 1.29 is 42.1 Å². The average molecular weight is 997 g/mol. The number of allylic oxidation sites excluding steroid dienone is 18. The van der Waals surface area contributed by atoms with Gasteiger partial charge in [-0.05, 0) is 96.3 Å². The molecule has 0 bridgehead atoms. The SMILES string of the molecule is CC/C=C\C/C=C\C/C=C\C/C=C\C/C=C\CCCCCCCCCCCC(=O)OC(COC(=O)CCCCCCCCCC/C=C\C/C=C\C/C=C\C/C=C\CC)COP(=O)(O)OCC[N+](C)(C)C. The molecule has 0 saturated heterocycles. The maximum Gasteiger partial charge on any atom is 0.472 e. The molecule has 400 valence electrons. The van der Waals surface area contributed by atoms with Crippen LogP contribution in [-0.2, 0) is 32.7 Å². The van der Waals surface area contributed by atoms with Gasteiger partial charge in [-0.1, -0.05) is 207 Å². The van der Waals surface area contributed by atoms with Crippen molar-refractivity contribution in [2.24, 2.45) is 0 Å². The van der Waals surface area contributed by atoms with Crippen LogP contribution in [-0.4, -0.2) is 74.9 Å². The number of rotatable bonds is 49. The maximum absolute atomic E-state index is 12.8. The summed E-state index contributed by atoms with van der Waals surface area (Å²) in [6.45, 7) is 4.18. The molecule has 0 aromatic rings. The fourth-order valence-electron chi connectivity index (χ4n) is 7.09. The number of hydrogen-bond donors (Lipinski definition) is 1. The molecule has 2 atom stereocenters. The Morgan fingerprint density at radius 2 is 0.771 bits per heavy atom. The smallest absolute Gasteiger partial charge is 0.462 e. The highest BCUT2D eigenvalue weighted by molar-refractivity contribution is 7.47. The second-order valence-electron chi connectivity index (χ2n) is 19.2. The lowest BCUT2D eigenvalue weighted by Gasteiger charge is -2.24. The summed E-state index contributed by atoms with van der Waals surface area (Å²) in [5, 5.41) is 0. The number of carbonyl (C=O) groups excluding carboxylic acids is 2. The number of carbonyl (C=O) groups is 2. The molecule has 0 fully saturated rings. The minimum absolute atomic E-state index is 0.0230. The Morgan fingerprint density at radius 3 is 1.14 bits per heavy atom. The quantitative estimate of drug-likeness (QED) is 0.0211. The molecular formula is C60H103NO8P+. The van der Waals surface area contributed by atoms with Crippen molar-refractivity contribution in [1.29, 1.82) is 0 Å². The second-order valence-corrected chi connectivity index (χ2v) is 20.7. The first-order chi connectivity index (χ1) is 34.0. The van der Waals surface area contributed by atoms with Gasteiger partial charge in [-0.15, -0.1) is 0 Å². The summed E-state index contributed by atoms with van der Waals surface area (Å²) < 4.78 is 34.5. The molecule has 2 unspecified atom stereocenters. The van der Waals surface area contributed by atoms with E-state index in [2.05, 4.69) is 123 Å². The van der Waals surface area contributed by atoms with Gasteiger partial charge < -0.3 is 18.9 Å². The van der Waals surface area contributed by atoms with E-state index in [-0.39, 0.29) is 32.0 Å². The zero-order valence-corrected chi connectivity index (χ0v) is 46.1. The molecule has 0 aliphatic rings. The van der Waals surface area contributed by atoms with Crippen LogP contribution in [0.4, 0.5) is 0 Å². The third-order valence-corrected chi connectivity index (χ3v) is 12.3. The molecule has 0 aliphatic heterocycles. The fraction of sp³-hybridized carbons (Fsp3) is 0.667. The van der Waals surface area contributed by atoms with Crippen molar-refractivity contribution in [3.63, 3.8) is 0 Å². The van der Waals surface area contributed by atoms with Crippen LogP contribution in [0.5, 0.6) is 0 Å². The summed E-state index contributed by atoms with van der Waals surface area (Å²) in [5.74, 6) is -0.820. The van der Waals surface area contributed by atoms with Crippen molar-refractivity contribution in [2.75, 3.05) is 47.5 Å². The average Bonchev–Trinajstić information content (AvgIpc) is 3.32. The van der Waals surface area contributed by atoms with E-state index in [9.17, 15) is 19.0 Å². The van der Waals surface area contributed by atoms with Crippen molar-refractivity contribution in [1.82, 2.24) is 0 Å². The molecule has 0 spiro atoms. The number of unbranched alkanes of at least 4 members (excludes halogenated alkanes) is 17. The van der Waals surface area contributed by atoms with Gasteiger partial charge in [-0.25, -0.2) is 4.57 Å². The highest BCUT2D eigenvalue weighted by atomic mass is 31.2. The van der Waals surface area contributed by atoms with E-state index in [1.807, 2.05) is 21.1 Å². The summed E-state index contributed by atoms with van der Waals surface area (Å²) >= 11 is 0. The number of ether oxygens (including phenoxy) is 2. The number of quaternary nitrogens is 1. The van der Waals surface area contributed by atoms with E-state index >= 15 is 0 Å². The summed E-state index contributed by atoms with van der Waals surface area (Å²) in [6, 6.07) is 0. The Labute approximate surface area is 429 Å². The van der Waals surface area contributed by atoms with Gasteiger partial charge in [0, 0.05) is 12.8 Å².